The van der Waals surface area contributed by atoms with Gasteiger partial charge in [-0.1, -0.05) is 12.1 Å². The zero-order valence-corrected chi connectivity index (χ0v) is 11.7. The molecule has 0 spiro atoms. The van der Waals surface area contributed by atoms with E-state index in [-0.39, 0.29) is 5.56 Å². The molecule has 1 N–H and O–H groups in total. The minimum atomic E-state index is -4.51. The van der Waals surface area contributed by atoms with Crippen molar-refractivity contribution in [2.75, 3.05) is 0 Å². The van der Waals surface area contributed by atoms with Gasteiger partial charge in [-0.25, -0.2) is 4.98 Å². The van der Waals surface area contributed by atoms with Crippen molar-refractivity contribution in [2.24, 2.45) is 7.05 Å². The van der Waals surface area contributed by atoms with Crippen LogP contribution in [0, 0.1) is 13.8 Å². The minimum Gasteiger partial charge on any atom is -0.342 e. The molecule has 0 saturated carbocycles. The number of nitrogens with one attached hydrogen (secondary N) is 1. The monoisotopic (exact) mass is 294 g/mol. The molecule has 0 aliphatic carbocycles. The van der Waals surface area contributed by atoms with Crippen LogP contribution in [-0.4, -0.2) is 19.7 Å². The SMILES string of the molecule is Cc1nc2c(-c3c(C(F)(F)F)nn(C)c3C)cccc2[nH]1. The number of halogens is 3. The Kier molecular flexibility index (Phi) is 2.82. The van der Waals surface area contributed by atoms with E-state index < -0.39 is 11.9 Å². The van der Waals surface area contributed by atoms with E-state index in [2.05, 4.69) is 15.1 Å². The standard InChI is InChI=1S/C14H13F3N4/c1-7-11(13(14(15,16)17)20-21(7)3)9-5-4-6-10-12(9)19-8(2)18-10/h4-6H,1-3H3,(H,18,19). The predicted octanol–water partition coefficient (Wildman–Crippen LogP) is 3.60. The smallest absolute Gasteiger partial charge is 0.342 e. The van der Waals surface area contributed by atoms with Crippen LogP contribution in [-0.2, 0) is 13.2 Å². The van der Waals surface area contributed by atoms with Gasteiger partial charge < -0.3 is 4.98 Å². The molecule has 2 heterocycles. The molecule has 0 radical (unpaired) electrons. The number of alkyl halides is 3. The first-order valence-corrected chi connectivity index (χ1v) is 6.35. The number of fused-ring (bicyclic) bond motifs is 1. The molecule has 3 rings (SSSR count). The Labute approximate surface area is 118 Å². The molecule has 0 aliphatic rings. The molecular formula is C14H13F3N4. The van der Waals surface area contributed by atoms with Crippen LogP contribution in [0.4, 0.5) is 13.2 Å². The molecule has 0 unspecified atom stereocenters. The second-order valence-electron chi connectivity index (χ2n) is 4.95. The van der Waals surface area contributed by atoms with Gasteiger partial charge in [0.15, 0.2) is 5.69 Å². The number of nitrogens with zero attached hydrogens (tertiary/aromatic N) is 3. The maximum Gasteiger partial charge on any atom is 0.435 e. The number of benzene rings is 1. The zero-order valence-electron chi connectivity index (χ0n) is 11.7. The highest BCUT2D eigenvalue weighted by atomic mass is 19.4. The Morgan fingerprint density at radius 1 is 1.19 bits per heavy atom. The number of aryl methyl sites for hydroxylation is 2. The first-order valence-electron chi connectivity index (χ1n) is 6.35. The predicted molar refractivity (Wildman–Crippen MR) is 72.8 cm³/mol. The number of hydrogen-bond acceptors (Lipinski definition) is 2. The van der Waals surface area contributed by atoms with Gasteiger partial charge in [0.05, 0.1) is 11.0 Å². The van der Waals surface area contributed by atoms with Gasteiger partial charge in [-0.2, -0.15) is 18.3 Å². The van der Waals surface area contributed by atoms with Crippen LogP contribution >= 0.6 is 0 Å². The van der Waals surface area contributed by atoms with E-state index in [9.17, 15) is 13.2 Å². The summed E-state index contributed by atoms with van der Waals surface area (Å²) in [5, 5.41) is 3.63. The fourth-order valence-electron chi connectivity index (χ4n) is 2.49. The van der Waals surface area contributed by atoms with Crippen molar-refractivity contribution in [1.82, 2.24) is 19.7 Å². The van der Waals surface area contributed by atoms with Gasteiger partial charge in [0.1, 0.15) is 5.82 Å². The second-order valence-corrected chi connectivity index (χ2v) is 4.95. The summed E-state index contributed by atoms with van der Waals surface area (Å²) in [6.07, 6.45) is -4.51. The summed E-state index contributed by atoms with van der Waals surface area (Å²) in [5.74, 6) is 0.660. The van der Waals surface area contributed by atoms with E-state index in [1.807, 2.05) is 0 Å². The number of hydrogen-bond donors (Lipinski definition) is 1. The molecule has 0 aliphatic heterocycles. The molecule has 2 aromatic heterocycles. The van der Waals surface area contributed by atoms with Crippen molar-refractivity contribution in [1.29, 1.82) is 0 Å². The molecule has 1 aromatic carbocycles. The topological polar surface area (TPSA) is 46.5 Å². The number of H-pyrrole nitrogens is 1. The summed E-state index contributed by atoms with van der Waals surface area (Å²) in [7, 11) is 1.50. The summed E-state index contributed by atoms with van der Waals surface area (Å²) in [6, 6.07) is 5.14. The molecule has 0 saturated heterocycles. The van der Waals surface area contributed by atoms with Crippen LogP contribution in [0.5, 0.6) is 0 Å². The average Bonchev–Trinajstić information content (AvgIpc) is 2.89. The lowest BCUT2D eigenvalue weighted by atomic mass is 10.0. The number of aromatic nitrogens is 4. The van der Waals surface area contributed by atoms with Gasteiger partial charge in [0, 0.05) is 23.9 Å². The number of imidazole rings is 1. The molecule has 4 nitrogen and oxygen atoms in total. The lowest BCUT2D eigenvalue weighted by molar-refractivity contribution is -0.140. The Balaban J connectivity index is 2.38. The van der Waals surface area contributed by atoms with E-state index in [1.165, 1.54) is 11.7 Å². The van der Waals surface area contributed by atoms with Gasteiger partial charge in [-0.15, -0.1) is 0 Å². The maximum absolute atomic E-state index is 13.2. The molecule has 0 atom stereocenters. The zero-order chi connectivity index (χ0) is 15.4. The van der Waals surface area contributed by atoms with Crippen molar-refractivity contribution in [3.63, 3.8) is 0 Å². The highest BCUT2D eigenvalue weighted by Crippen LogP contribution is 2.40. The van der Waals surface area contributed by atoms with Crippen LogP contribution in [0.2, 0.25) is 0 Å². The maximum atomic E-state index is 13.2. The van der Waals surface area contributed by atoms with Gasteiger partial charge in [-0.05, 0) is 19.9 Å². The van der Waals surface area contributed by atoms with E-state index in [1.54, 1.807) is 32.0 Å². The Bertz CT molecular complexity index is 827. The van der Waals surface area contributed by atoms with Crippen LogP contribution in [0.25, 0.3) is 22.2 Å². The largest absolute Gasteiger partial charge is 0.435 e. The molecule has 0 amide bonds. The number of para-hydroxylation sites is 1. The second kappa shape index (κ2) is 4.34. The number of aromatic amines is 1. The van der Waals surface area contributed by atoms with E-state index >= 15 is 0 Å². The summed E-state index contributed by atoms with van der Waals surface area (Å²) in [4.78, 5) is 7.34. The molecule has 0 fully saturated rings. The van der Waals surface area contributed by atoms with Crippen molar-refractivity contribution >= 4 is 11.0 Å². The van der Waals surface area contributed by atoms with Crippen molar-refractivity contribution < 1.29 is 13.2 Å². The van der Waals surface area contributed by atoms with Gasteiger partial charge in [0.25, 0.3) is 0 Å². The highest BCUT2D eigenvalue weighted by molar-refractivity contribution is 5.93. The lowest BCUT2D eigenvalue weighted by Gasteiger charge is -2.08. The third-order valence-electron chi connectivity index (χ3n) is 3.50. The Hall–Kier alpha value is -2.31. The fraction of sp³-hybridized carbons (Fsp3) is 0.286. The quantitative estimate of drug-likeness (QED) is 0.745. The molecule has 21 heavy (non-hydrogen) atoms. The molecule has 3 aromatic rings. The molecular weight excluding hydrogens is 281 g/mol. The molecule has 110 valence electrons. The van der Waals surface area contributed by atoms with E-state index in [0.29, 0.717) is 28.1 Å². The molecule has 0 bridgehead atoms. The van der Waals surface area contributed by atoms with Crippen LogP contribution in [0.1, 0.15) is 17.2 Å². The lowest BCUT2D eigenvalue weighted by Crippen LogP contribution is -2.08. The first-order chi connectivity index (χ1) is 9.79. The minimum absolute atomic E-state index is 0.0853. The van der Waals surface area contributed by atoms with Crippen LogP contribution in [0.15, 0.2) is 18.2 Å². The van der Waals surface area contributed by atoms with Crippen LogP contribution in [0.3, 0.4) is 0 Å². The fourth-order valence-corrected chi connectivity index (χ4v) is 2.49. The number of rotatable bonds is 1. The van der Waals surface area contributed by atoms with E-state index in [0.717, 1.165) is 0 Å². The van der Waals surface area contributed by atoms with Crippen molar-refractivity contribution in [3.8, 4) is 11.1 Å². The third kappa shape index (κ3) is 2.09. The first kappa shape index (κ1) is 13.7. The third-order valence-corrected chi connectivity index (χ3v) is 3.50. The molecule has 7 heteroatoms. The summed E-state index contributed by atoms with van der Waals surface area (Å²) in [6.45, 7) is 3.39. The van der Waals surface area contributed by atoms with Crippen molar-refractivity contribution in [2.45, 2.75) is 20.0 Å². The van der Waals surface area contributed by atoms with Gasteiger partial charge in [0.2, 0.25) is 0 Å². The van der Waals surface area contributed by atoms with Crippen molar-refractivity contribution in [3.05, 3.63) is 35.4 Å². The van der Waals surface area contributed by atoms with Crippen LogP contribution < -0.4 is 0 Å². The Morgan fingerprint density at radius 2 is 1.90 bits per heavy atom. The Morgan fingerprint density at radius 3 is 2.57 bits per heavy atom. The normalized spacial score (nSPS) is 12.3. The summed E-state index contributed by atoms with van der Waals surface area (Å²) in [5.41, 5.74) is 1.33. The summed E-state index contributed by atoms with van der Waals surface area (Å²) >= 11 is 0. The van der Waals surface area contributed by atoms with Gasteiger partial charge in [-0.3, -0.25) is 4.68 Å². The highest BCUT2D eigenvalue weighted by Gasteiger charge is 2.39. The van der Waals surface area contributed by atoms with Gasteiger partial charge >= 0.3 is 6.18 Å². The average molecular weight is 294 g/mol. The summed E-state index contributed by atoms with van der Waals surface area (Å²) < 4.78 is 40.9. The van der Waals surface area contributed by atoms with E-state index in [4.69, 9.17) is 0 Å².